The summed E-state index contributed by atoms with van der Waals surface area (Å²) in [5.41, 5.74) is 0.921. The number of hydrogen-bond donors (Lipinski definition) is 8. The number of carboxylic acid groups (broad SMARTS) is 4. The van der Waals surface area contributed by atoms with Crippen molar-refractivity contribution in [2.75, 3.05) is 0 Å². The second kappa shape index (κ2) is 23.7. The Morgan fingerprint density at radius 3 is 1.16 bits per heavy atom. The van der Waals surface area contributed by atoms with E-state index in [1.54, 1.807) is 0 Å². The molecule has 0 saturated carbocycles. The molecule has 0 amide bonds. The molecule has 17 heteroatoms. The second-order valence-corrected chi connectivity index (χ2v) is 9.83. The van der Waals surface area contributed by atoms with Crippen LogP contribution in [0.1, 0.15) is 87.5 Å². The number of aromatic nitrogens is 2. The Morgan fingerprint density at radius 2 is 1.00 bits per heavy atom. The molecule has 0 unspecified atom stereocenters. The number of hydrogen-bond acceptors (Lipinski definition) is 10. The summed E-state index contributed by atoms with van der Waals surface area (Å²) in [6, 6.07) is 3.11. The molecule has 0 aromatic carbocycles. The Morgan fingerprint density at radius 1 is 0.711 bits per heavy atom. The Labute approximate surface area is 272 Å². The van der Waals surface area contributed by atoms with Gasteiger partial charge in [0.15, 0.2) is 0 Å². The zero-order valence-corrected chi connectivity index (χ0v) is 27.4. The van der Waals surface area contributed by atoms with Gasteiger partial charge in [-0.05, 0) is 67.5 Å². The molecule has 0 spiro atoms. The van der Waals surface area contributed by atoms with Gasteiger partial charge in [-0.15, -0.1) is 0 Å². The number of aliphatic imine (C=N–C) groups is 2. The quantitative estimate of drug-likeness (QED) is 0.141. The van der Waals surface area contributed by atoms with Crippen LogP contribution < -0.4 is 20.8 Å². The third-order valence-electron chi connectivity index (χ3n) is 4.31. The van der Waals surface area contributed by atoms with Gasteiger partial charge in [0.25, 0.3) is 0 Å². The van der Waals surface area contributed by atoms with Gasteiger partial charge in [-0.1, -0.05) is 0 Å². The molecular weight excluding hydrogens is 635 g/mol. The van der Waals surface area contributed by atoms with Crippen LogP contribution in [0.15, 0.2) is 34.5 Å². The number of nitrogens with one attached hydrogen (secondary N) is 6. The van der Waals surface area contributed by atoms with E-state index < -0.39 is 23.9 Å². The summed E-state index contributed by atoms with van der Waals surface area (Å²) in [6.45, 7) is 14.6. The van der Waals surface area contributed by atoms with Crippen LogP contribution in [0.25, 0.3) is 0 Å². The Hall–Kier alpha value is -4.77. The maximum absolute atomic E-state index is 10.5. The van der Waals surface area contributed by atoms with E-state index in [9.17, 15) is 29.4 Å². The number of H-pyrrole nitrogens is 2. The fourth-order valence-electron chi connectivity index (χ4n) is 2.73. The third-order valence-corrected chi connectivity index (χ3v) is 4.31. The summed E-state index contributed by atoms with van der Waals surface area (Å²) in [4.78, 5) is 54.3. The van der Waals surface area contributed by atoms with Gasteiger partial charge in [0.05, 0.1) is 0 Å². The van der Waals surface area contributed by atoms with E-state index in [0.29, 0.717) is 11.1 Å². The maximum Gasteiger partial charge on any atom is 2.00 e. The van der Waals surface area contributed by atoms with Crippen molar-refractivity contribution >= 4 is 48.0 Å². The van der Waals surface area contributed by atoms with Crippen LogP contribution >= 0.6 is 0 Å². The second-order valence-electron chi connectivity index (χ2n) is 9.83. The van der Waals surface area contributed by atoms with Gasteiger partial charge in [0, 0.05) is 60.1 Å². The molecule has 0 atom stereocenters. The van der Waals surface area contributed by atoms with Crippen LogP contribution in [-0.4, -0.2) is 92.3 Å². The molecule has 8 N–H and O–H groups in total. The summed E-state index contributed by atoms with van der Waals surface area (Å²) < 4.78 is 0. The molecule has 0 bridgehead atoms. The molecular formula is C28H42CoN8O8. The molecule has 45 heavy (non-hydrogen) atoms. The molecule has 2 aromatic rings. The minimum absolute atomic E-state index is 0. The standard InChI is InChI=1S/2C8H16N2O2.2C6H6N2O2.Co/c2*1-5(2)9-7(8(11)12)10-6(3)4;2*7-3-4-1-2-8-5(4)6(9)10;/h2*5-6H,1-4H3,(H,9,10)(H,11,12);2*1-3,7-8H,(H,9,10);/q;;;;+2/p-2. The van der Waals surface area contributed by atoms with Crippen LogP contribution in [0.3, 0.4) is 0 Å². The first-order chi connectivity index (χ1) is 20.4. The number of aromatic carboxylic acids is 2. The monoisotopic (exact) mass is 677 g/mol. The number of aliphatic carboxylic acids is 2. The molecule has 0 fully saturated rings. The molecule has 16 nitrogen and oxygen atoms in total. The Balaban J connectivity index is -0.000000520. The van der Waals surface area contributed by atoms with E-state index >= 15 is 0 Å². The average molecular weight is 678 g/mol. The summed E-state index contributed by atoms with van der Waals surface area (Å²) in [5, 5.41) is 56.8. The van der Waals surface area contributed by atoms with Gasteiger partial charge in [-0.3, -0.25) is 9.98 Å². The molecule has 2 aromatic heterocycles. The van der Waals surface area contributed by atoms with Gasteiger partial charge in [-0.2, -0.15) is 0 Å². The number of rotatable bonds is 8. The zero-order chi connectivity index (χ0) is 34.6. The molecule has 251 valence electrons. The van der Waals surface area contributed by atoms with E-state index in [1.807, 2.05) is 55.4 Å². The normalized spacial score (nSPS) is 10.7. The van der Waals surface area contributed by atoms with Crippen molar-refractivity contribution in [2.24, 2.45) is 9.98 Å². The van der Waals surface area contributed by atoms with Gasteiger partial charge in [-0.25, -0.2) is 9.59 Å². The average Bonchev–Trinajstić information content (AvgIpc) is 3.57. The molecule has 1 radical (unpaired) electrons. The van der Waals surface area contributed by atoms with E-state index in [0.717, 1.165) is 12.4 Å². The van der Waals surface area contributed by atoms with Gasteiger partial charge in [0.2, 0.25) is 0 Å². The smallest absolute Gasteiger partial charge is 0.542 e. The fourth-order valence-corrected chi connectivity index (χ4v) is 2.73. The summed E-state index contributed by atoms with van der Waals surface area (Å²) >= 11 is 0. The van der Waals surface area contributed by atoms with Crippen LogP contribution in [0.2, 0.25) is 0 Å². The van der Waals surface area contributed by atoms with Crippen molar-refractivity contribution in [2.45, 2.75) is 79.6 Å². The third kappa shape index (κ3) is 20.7. The van der Waals surface area contributed by atoms with Crippen molar-refractivity contribution in [1.29, 1.82) is 10.8 Å². The largest absolute Gasteiger partial charge is 2.00 e. The fraction of sp³-hybridized carbons (Fsp3) is 0.429. The first kappa shape index (κ1) is 44.7. The van der Waals surface area contributed by atoms with E-state index in [2.05, 4.69) is 30.6 Å². The molecule has 0 saturated heterocycles. The van der Waals surface area contributed by atoms with Crippen LogP contribution in [0, 0.1) is 10.8 Å². The van der Waals surface area contributed by atoms with Crippen LogP contribution in [-0.2, 0) is 26.4 Å². The number of carbonyl (C=O) groups excluding carboxylic acids is 2. The van der Waals surface area contributed by atoms with E-state index in [4.69, 9.17) is 21.0 Å². The van der Waals surface area contributed by atoms with Crippen molar-refractivity contribution in [3.63, 3.8) is 0 Å². The van der Waals surface area contributed by atoms with Gasteiger partial charge < -0.3 is 61.4 Å². The van der Waals surface area contributed by atoms with Crippen LogP contribution in [0.5, 0.6) is 0 Å². The predicted molar refractivity (Wildman–Crippen MR) is 163 cm³/mol. The number of amidine groups is 2. The van der Waals surface area contributed by atoms with Gasteiger partial charge >= 0.3 is 28.7 Å². The van der Waals surface area contributed by atoms with E-state index in [1.165, 1.54) is 24.5 Å². The summed E-state index contributed by atoms with van der Waals surface area (Å²) in [5.74, 6) is -4.72. The predicted octanol–water partition coefficient (Wildman–Crippen LogP) is 0.501. The molecule has 0 aliphatic heterocycles. The van der Waals surface area contributed by atoms with Crippen LogP contribution in [0.4, 0.5) is 0 Å². The zero-order valence-electron chi connectivity index (χ0n) is 26.3. The summed E-state index contributed by atoms with van der Waals surface area (Å²) in [6.07, 6.45) is 4.98. The first-order valence-corrected chi connectivity index (χ1v) is 13.3. The maximum atomic E-state index is 10.5. The minimum Gasteiger partial charge on any atom is -0.542 e. The van der Waals surface area contributed by atoms with E-state index in [-0.39, 0.29) is 64.0 Å². The molecule has 2 rings (SSSR count). The Kier molecular flexibility index (Phi) is 23.5. The molecule has 0 aliphatic carbocycles. The Bertz CT molecular complexity index is 1200. The van der Waals surface area contributed by atoms with Crippen molar-refractivity contribution in [3.05, 3.63) is 47.0 Å². The summed E-state index contributed by atoms with van der Waals surface area (Å²) in [7, 11) is 0. The molecule has 0 aliphatic rings. The van der Waals surface area contributed by atoms with Crippen molar-refractivity contribution < 1.29 is 56.4 Å². The minimum atomic E-state index is -1.25. The van der Waals surface area contributed by atoms with Crippen molar-refractivity contribution in [3.8, 4) is 0 Å². The SMILES string of the molecule is CC(C)N=C(NC(C)C)C(=O)[O-].CC(C)N=C(NC(C)C)C(=O)[O-].N=Cc1cc[nH]c1C(=O)O.N=Cc1cc[nH]c1C(=O)O.[Co+2]. The van der Waals surface area contributed by atoms with Gasteiger partial charge in [0.1, 0.15) is 35.0 Å². The molecule has 2 heterocycles. The number of carboxylic acids is 4. The topological polar surface area (TPSA) is 283 Å². The number of nitrogens with zero attached hydrogens (tertiary/aromatic N) is 2. The number of carbonyl (C=O) groups is 4. The number of aromatic amines is 2. The van der Waals surface area contributed by atoms with Crippen molar-refractivity contribution in [1.82, 2.24) is 20.6 Å². The first-order valence-electron chi connectivity index (χ1n) is 13.3.